The van der Waals surface area contributed by atoms with Crippen molar-refractivity contribution in [2.24, 2.45) is 0 Å². The maximum absolute atomic E-state index is 12.8. The second-order valence-electron chi connectivity index (χ2n) is 7.55. The van der Waals surface area contributed by atoms with Crippen LogP contribution in [-0.2, 0) is 16.0 Å². The number of carbonyl (C=O) groups is 2. The fourth-order valence-electron chi connectivity index (χ4n) is 4.19. The van der Waals surface area contributed by atoms with Gasteiger partial charge in [0.2, 0.25) is 11.8 Å². The third-order valence-corrected chi connectivity index (χ3v) is 7.14. The number of likely N-dealkylation sites (tertiary alicyclic amines) is 1. The molecule has 3 rings (SSSR count). The van der Waals surface area contributed by atoms with Crippen LogP contribution in [0.15, 0.2) is 5.51 Å². The fraction of sp³-hybridized carbons (Fsp3) is 0.737. The van der Waals surface area contributed by atoms with E-state index in [2.05, 4.69) is 16.9 Å². The molecule has 0 unspecified atom stereocenters. The highest BCUT2D eigenvalue weighted by atomic mass is 32.1. The summed E-state index contributed by atoms with van der Waals surface area (Å²) in [6.07, 6.45) is 3.69. The summed E-state index contributed by atoms with van der Waals surface area (Å²) in [5.41, 5.74) is 2.83. The molecule has 0 aromatic carbocycles. The Kier molecular flexibility index (Phi) is 5.97. The van der Waals surface area contributed by atoms with Gasteiger partial charge in [-0.05, 0) is 40.2 Å². The number of carbonyl (C=O) groups excluding carboxylic acids is 2. The van der Waals surface area contributed by atoms with Gasteiger partial charge in [0.25, 0.3) is 0 Å². The molecule has 0 aliphatic carbocycles. The summed E-state index contributed by atoms with van der Waals surface area (Å²) in [7, 11) is 2.15. The zero-order chi connectivity index (χ0) is 18.7. The Morgan fingerprint density at radius 3 is 2.81 bits per heavy atom. The van der Waals surface area contributed by atoms with E-state index in [9.17, 15) is 9.59 Å². The summed E-state index contributed by atoms with van der Waals surface area (Å²) >= 11 is 1.63. The second kappa shape index (κ2) is 8.05. The number of thiazole rings is 1. The Bertz CT molecular complexity index is 662. The first kappa shape index (κ1) is 19.3. The van der Waals surface area contributed by atoms with E-state index in [1.54, 1.807) is 11.3 Å². The third-order valence-electron chi connectivity index (χ3n) is 6.15. The topological polar surface area (TPSA) is 56.8 Å². The number of amides is 2. The van der Waals surface area contributed by atoms with Crippen LogP contribution < -0.4 is 0 Å². The Hall–Kier alpha value is -1.47. The first-order chi connectivity index (χ1) is 12.4. The summed E-state index contributed by atoms with van der Waals surface area (Å²) in [6, 6.07) is 0. The first-order valence-corrected chi connectivity index (χ1v) is 10.5. The molecular formula is C19H30N4O2S. The van der Waals surface area contributed by atoms with Gasteiger partial charge in [-0.3, -0.25) is 14.5 Å². The predicted molar refractivity (Wildman–Crippen MR) is 103 cm³/mol. The van der Waals surface area contributed by atoms with E-state index in [0.29, 0.717) is 12.8 Å². The number of hydrogen-bond acceptors (Lipinski definition) is 5. The molecule has 0 radical (unpaired) electrons. The lowest BCUT2D eigenvalue weighted by Gasteiger charge is -2.49. The molecule has 2 saturated heterocycles. The predicted octanol–water partition coefficient (Wildman–Crippen LogP) is 1.93. The van der Waals surface area contributed by atoms with Gasteiger partial charge >= 0.3 is 0 Å². The van der Waals surface area contributed by atoms with E-state index in [1.807, 2.05) is 29.2 Å². The van der Waals surface area contributed by atoms with Crippen molar-refractivity contribution in [3.63, 3.8) is 0 Å². The number of likely N-dealkylation sites (N-methyl/N-ethyl adjacent to an activating group) is 1. The Morgan fingerprint density at radius 2 is 2.12 bits per heavy atom. The van der Waals surface area contributed by atoms with Gasteiger partial charge in [-0.2, -0.15) is 0 Å². The van der Waals surface area contributed by atoms with Crippen molar-refractivity contribution in [1.29, 1.82) is 0 Å². The standard InChI is InChI=1S/C19H30N4O2S/c1-4-22-10-9-19(8-7-18(22)25)13-23(12-11-21(19)3)17(24)6-5-16-15(2)20-14-26-16/h14H,4-13H2,1-3H3/t19-/m0/s1. The van der Waals surface area contributed by atoms with Gasteiger partial charge in [0.1, 0.15) is 0 Å². The van der Waals surface area contributed by atoms with E-state index in [4.69, 9.17) is 0 Å². The monoisotopic (exact) mass is 378 g/mol. The van der Waals surface area contributed by atoms with Gasteiger partial charge in [0.15, 0.2) is 0 Å². The van der Waals surface area contributed by atoms with Gasteiger partial charge in [0, 0.05) is 56.0 Å². The molecule has 1 aromatic heterocycles. The van der Waals surface area contributed by atoms with Gasteiger partial charge in [-0.25, -0.2) is 4.98 Å². The van der Waals surface area contributed by atoms with Gasteiger partial charge < -0.3 is 9.80 Å². The molecule has 6 nitrogen and oxygen atoms in total. The Balaban J connectivity index is 1.64. The SMILES string of the molecule is CCN1CC[C@@]2(CCC1=O)CN(C(=O)CCc1scnc1C)CCN2C. The molecule has 2 fully saturated rings. The quantitative estimate of drug-likeness (QED) is 0.803. The number of piperazine rings is 1. The van der Waals surface area contributed by atoms with Crippen molar-refractivity contribution in [3.8, 4) is 0 Å². The molecule has 0 N–H and O–H groups in total. The summed E-state index contributed by atoms with van der Waals surface area (Å²) in [5, 5.41) is 0. The fourth-order valence-corrected chi connectivity index (χ4v) is 4.97. The van der Waals surface area contributed by atoms with Crippen LogP contribution in [0, 0.1) is 6.92 Å². The molecule has 2 amide bonds. The van der Waals surface area contributed by atoms with Gasteiger partial charge in [-0.15, -0.1) is 11.3 Å². The zero-order valence-electron chi connectivity index (χ0n) is 16.2. The highest BCUT2D eigenvalue weighted by molar-refractivity contribution is 7.09. The van der Waals surface area contributed by atoms with Crippen molar-refractivity contribution in [2.75, 3.05) is 39.8 Å². The van der Waals surface area contributed by atoms with Crippen LogP contribution in [0.3, 0.4) is 0 Å². The third kappa shape index (κ3) is 3.93. The molecule has 2 aliphatic heterocycles. The van der Waals surface area contributed by atoms with Crippen molar-refractivity contribution < 1.29 is 9.59 Å². The van der Waals surface area contributed by atoms with Crippen LogP contribution >= 0.6 is 11.3 Å². The van der Waals surface area contributed by atoms with Crippen LogP contribution in [0.25, 0.3) is 0 Å². The average molecular weight is 379 g/mol. The number of aromatic nitrogens is 1. The minimum atomic E-state index is -0.0616. The summed E-state index contributed by atoms with van der Waals surface area (Å²) in [4.78, 5) is 37.0. The molecule has 144 valence electrons. The van der Waals surface area contributed by atoms with Crippen LogP contribution in [-0.4, -0.2) is 76.8 Å². The van der Waals surface area contributed by atoms with Gasteiger partial charge in [-0.1, -0.05) is 0 Å². The first-order valence-electron chi connectivity index (χ1n) is 9.61. The molecule has 3 heterocycles. The molecule has 1 aromatic rings. The lowest BCUT2D eigenvalue weighted by Crippen LogP contribution is -2.62. The zero-order valence-corrected chi connectivity index (χ0v) is 17.0. The lowest BCUT2D eigenvalue weighted by molar-refractivity contribution is -0.136. The van der Waals surface area contributed by atoms with Gasteiger partial charge in [0.05, 0.1) is 11.2 Å². The molecule has 7 heteroatoms. The van der Waals surface area contributed by atoms with Crippen LogP contribution in [0.1, 0.15) is 43.2 Å². The number of aryl methyl sites for hydroxylation is 2. The van der Waals surface area contributed by atoms with Crippen molar-refractivity contribution in [1.82, 2.24) is 19.7 Å². The van der Waals surface area contributed by atoms with E-state index < -0.39 is 0 Å². The number of hydrogen-bond donors (Lipinski definition) is 0. The van der Waals surface area contributed by atoms with Crippen molar-refractivity contribution in [3.05, 3.63) is 16.1 Å². The van der Waals surface area contributed by atoms with Crippen LogP contribution in [0.5, 0.6) is 0 Å². The number of rotatable bonds is 4. The highest BCUT2D eigenvalue weighted by Crippen LogP contribution is 2.32. The van der Waals surface area contributed by atoms with Crippen molar-refractivity contribution >= 4 is 23.2 Å². The van der Waals surface area contributed by atoms with Crippen molar-refractivity contribution in [2.45, 2.75) is 51.5 Å². The molecule has 2 aliphatic rings. The Morgan fingerprint density at radius 1 is 1.31 bits per heavy atom. The molecule has 1 atom stereocenters. The Labute approximate surface area is 160 Å². The van der Waals surface area contributed by atoms with E-state index in [-0.39, 0.29) is 17.4 Å². The second-order valence-corrected chi connectivity index (χ2v) is 8.48. The molecule has 0 bridgehead atoms. The van der Waals surface area contributed by atoms with E-state index in [1.165, 1.54) is 4.88 Å². The van der Waals surface area contributed by atoms with Crippen LogP contribution in [0.2, 0.25) is 0 Å². The smallest absolute Gasteiger partial charge is 0.223 e. The summed E-state index contributed by atoms with van der Waals surface area (Å²) in [6.45, 7) is 8.02. The molecule has 26 heavy (non-hydrogen) atoms. The van der Waals surface area contributed by atoms with E-state index in [0.717, 1.165) is 57.7 Å². The number of nitrogens with zero attached hydrogens (tertiary/aromatic N) is 4. The average Bonchev–Trinajstić information content (AvgIpc) is 2.97. The molecule has 0 saturated carbocycles. The van der Waals surface area contributed by atoms with Crippen LogP contribution in [0.4, 0.5) is 0 Å². The van der Waals surface area contributed by atoms with E-state index >= 15 is 0 Å². The summed E-state index contributed by atoms with van der Waals surface area (Å²) < 4.78 is 0. The minimum Gasteiger partial charge on any atom is -0.343 e. The minimum absolute atomic E-state index is 0.0616. The summed E-state index contributed by atoms with van der Waals surface area (Å²) in [5.74, 6) is 0.482. The molecular weight excluding hydrogens is 348 g/mol. The maximum atomic E-state index is 12.8. The normalized spacial score (nSPS) is 25.0. The molecule has 1 spiro atoms. The largest absolute Gasteiger partial charge is 0.343 e. The maximum Gasteiger partial charge on any atom is 0.223 e. The highest BCUT2D eigenvalue weighted by Gasteiger charge is 2.43. The lowest BCUT2D eigenvalue weighted by atomic mass is 9.86.